The Kier molecular flexibility index (Phi) is 7.26. The summed E-state index contributed by atoms with van der Waals surface area (Å²) in [6.07, 6.45) is 9.23. The van der Waals surface area contributed by atoms with Crippen LogP contribution in [0.1, 0.15) is 38.5 Å². The first kappa shape index (κ1) is 23.7. The van der Waals surface area contributed by atoms with Crippen molar-refractivity contribution < 1.29 is 9.47 Å². The van der Waals surface area contributed by atoms with Crippen LogP contribution in [0.5, 0.6) is 11.5 Å². The maximum atomic E-state index is 5.64. The number of thioether (sulfide) groups is 1. The van der Waals surface area contributed by atoms with Crippen LogP contribution in [-0.4, -0.2) is 71.4 Å². The van der Waals surface area contributed by atoms with E-state index in [9.17, 15) is 0 Å². The second kappa shape index (κ2) is 10.7. The van der Waals surface area contributed by atoms with E-state index in [0.29, 0.717) is 11.7 Å². The smallest absolute Gasteiger partial charge is 0.258 e. The minimum Gasteiger partial charge on any atom is -0.497 e. The summed E-state index contributed by atoms with van der Waals surface area (Å²) in [5.74, 6) is 3.51. The molecule has 0 radical (unpaired) electrons. The number of methoxy groups -OCH3 is 2. The molecule has 0 bridgehead atoms. The van der Waals surface area contributed by atoms with Gasteiger partial charge in [-0.2, -0.15) is 24.7 Å². The van der Waals surface area contributed by atoms with Gasteiger partial charge in [-0.15, -0.1) is 11.8 Å². The molecular formula is C25H33N7O2S. The summed E-state index contributed by atoms with van der Waals surface area (Å²) in [6.45, 7) is 3.91. The highest BCUT2D eigenvalue weighted by Crippen LogP contribution is 2.35. The first-order valence-corrected chi connectivity index (χ1v) is 13.6. The van der Waals surface area contributed by atoms with E-state index in [-0.39, 0.29) is 0 Å². The summed E-state index contributed by atoms with van der Waals surface area (Å²) < 4.78 is 12.8. The van der Waals surface area contributed by atoms with Crippen molar-refractivity contribution in [2.75, 3.05) is 56.5 Å². The molecule has 0 atom stereocenters. The molecule has 2 aliphatic rings. The van der Waals surface area contributed by atoms with Crippen molar-refractivity contribution in [1.82, 2.24) is 24.7 Å². The van der Waals surface area contributed by atoms with Crippen LogP contribution in [-0.2, 0) is 0 Å². The number of ether oxygens (including phenoxy) is 2. The van der Waals surface area contributed by atoms with Gasteiger partial charge in [-0.1, -0.05) is 0 Å². The minimum absolute atomic E-state index is 0.559. The summed E-state index contributed by atoms with van der Waals surface area (Å²) in [7, 11) is 3.31. The maximum Gasteiger partial charge on any atom is 0.258 e. The second-order valence-corrected chi connectivity index (χ2v) is 9.71. The van der Waals surface area contributed by atoms with Gasteiger partial charge in [0.05, 0.1) is 19.9 Å². The fourth-order valence-electron chi connectivity index (χ4n) is 4.70. The van der Waals surface area contributed by atoms with Crippen molar-refractivity contribution in [3.63, 3.8) is 0 Å². The van der Waals surface area contributed by atoms with Gasteiger partial charge in [-0.05, 0) is 63.0 Å². The molecule has 0 saturated carbocycles. The number of anilines is 2. The van der Waals surface area contributed by atoms with E-state index in [4.69, 9.17) is 29.5 Å². The van der Waals surface area contributed by atoms with Gasteiger partial charge < -0.3 is 19.3 Å². The average Bonchev–Trinajstić information content (AvgIpc) is 3.38. The Morgan fingerprint density at radius 2 is 1.34 bits per heavy atom. The van der Waals surface area contributed by atoms with Crippen LogP contribution in [0.25, 0.3) is 17.2 Å². The number of benzene rings is 1. The number of aromatic nitrogens is 5. The SMILES string of the molecule is COc1ccc(-c2cc(SC)n(-c3nc(N4CCCCC4)nc(N4CCCCC4)n3)n2)c(OC)c1. The molecule has 2 aromatic heterocycles. The summed E-state index contributed by atoms with van der Waals surface area (Å²) in [4.78, 5) is 19.3. The Labute approximate surface area is 210 Å². The molecule has 2 saturated heterocycles. The second-order valence-electron chi connectivity index (χ2n) is 8.88. The van der Waals surface area contributed by atoms with Crippen molar-refractivity contribution in [2.24, 2.45) is 0 Å². The van der Waals surface area contributed by atoms with Crippen LogP contribution in [0.2, 0.25) is 0 Å². The Balaban J connectivity index is 1.58. The quantitative estimate of drug-likeness (QED) is 0.442. The third-order valence-corrected chi connectivity index (χ3v) is 7.35. The number of rotatable bonds is 7. The lowest BCUT2D eigenvalue weighted by Gasteiger charge is -2.30. The zero-order chi connectivity index (χ0) is 24.2. The van der Waals surface area contributed by atoms with Gasteiger partial charge in [0.1, 0.15) is 16.5 Å². The average molecular weight is 496 g/mol. The Bertz CT molecular complexity index is 1120. The summed E-state index contributed by atoms with van der Waals surface area (Å²) in [6, 6.07) is 7.82. The van der Waals surface area contributed by atoms with Crippen LogP contribution in [0.15, 0.2) is 29.3 Å². The number of hydrogen-bond acceptors (Lipinski definition) is 9. The molecule has 5 rings (SSSR count). The van der Waals surface area contributed by atoms with E-state index in [1.807, 2.05) is 29.1 Å². The Morgan fingerprint density at radius 1 is 0.743 bits per heavy atom. The fourth-order valence-corrected chi connectivity index (χ4v) is 5.23. The fraction of sp³-hybridized carbons (Fsp3) is 0.520. The number of nitrogens with zero attached hydrogens (tertiary/aromatic N) is 7. The van der Waals surface area contributed by atoms with E-state index in [2.05, 4.69) is 15.9 Å². The molecule has 35 heavy (non-hydrogen) atoms. The van der Waals surface area contributed by atoms with Crippen LogP contribution >= 0.6 is 11.8 Å². The molecule has 2 aliphatic heterocycles. The molecule has 1 aromatic carbocycles. The molecule has 3 aromatic rings. The Hall–Kier alpha value is -3.01. The van der Waals surface area contributed by atoms with Gasteiger partial charge in [0, 0.05) is 37.8 Å². The van der Waals surface area contributed by atoms with E-state index in [1.165, 1.54) is 38.5 Å². The lowest BCUT2D eigenvalue weighted by Crippen LogP contribution is -2.35. The third-order valence-electron chi connectivity index (χ3n) is 6.64. The van der Waals surface area contributed by atoms with Crippen LogP contribution < -0.4 is 19.3 Å². The van der Waals surface area contributed by atoms with Gasteiger partial charge >= 0.3 is 0 Å². The summed E-state index contributed by atoms with van der Waals surface area (Å²) in [5.41, 5.74) is 1.69. The van der Waals surface area contributed by atoms with Gasteiger partial charge in [0.15, 0.2) is 0 Å². The lowest BCUT2D eigenvalue weighted by molar-refractivity contribution is 0.395. The first-order valence-electron chi connectivity index (χ1n) is 12.3. The van der Waals surface area contributed by atoms with Crippen LogP contribution in [0.4, 0.5) is 11.9 Å². The summed E-state index contributed by atoms with van der Waals surface area (Å²) in [5, 5.41) is 5.90. The molecule has 9 nitrogen and oxygen atoms in total. The van der Waals surface area contributed by atoms with E-state index in [1.54, 1.807) is 26.0 Å². The van der Waals surface area contributed by atoms with Crippen molar-refractivity contribution in [3.05, 3.63) is 24.3 Å². The third kappa shape index (κ3) is 5.03. The predicted molar refractivity (Wildman–Crippen MR) is 139 cm³/mol. The van der Waals surface area contributed by atoms with Gasteiger partial charge in [-0.25, -0.2) is 0 Å². The zero-order valence-corrected chi connectivity index (χ0v) is 21.6. The minimum atomic E-state index is 0.559. The van der Waals surface area contributed by atoms with Gasteiger partial charge in [-0.3, -0.25) is 0 Å². The molecule has 0 unspecified atom stereocenters. The number of piperidine rings is 2. The first-order chi connectivity index (χ1) is 17.2. The van der Waals surface area contributed by atoms with Crippen molar-refractivity contribution >= 4 is 23.7 Å². The monoisotopic (exact) mass is 495 g/mol. The highest BCUT2D eigenvalue weighted by Gasteiger charge is 2.23. The van der Waals surface area contributed by atoms with Gasteiger partial charge in [0.25, 0.3) is 5.95 Å². The van der Waals surface area contributed by atoms with Crippen molar-refractivity contribution in [3.8, 4) is 28.7 Å². The zero-order valence-electron chi connectivity index (χ0n) is 20.7. The predicted octanol–water partition coefficient (Wildman–Crippen LogP) is 4.44. The normalized spacial score (nSPS) is 16.4. The van der Waals surface area contributed by atoms with Crippen LogP contribution in [0, 0.1) is 0 Å². The molecule has 4 heterocycles. The molecule has 2 fully saturated rings. The van der Waals surface area contributed by atoms with E-state index >= 15 is 0 Å². The largest absolute Gasteiger partial charge is 0.497 e. The standard InChI is InChI=1S/C25H33N7O2S/c1-33-18-10-11-19(21(16-18)34-2)20-17-22(35-3)32(29-20)25-27-23(30-12-6-4-7-13-30)26-24(28-25)31-14-8-5-9-15-31/h10-11,16-17H,4-9,12-15H2,1-3H3. The summed E-state index contributed by atoms with van der Waals surface area (Å²) >= 11 is 1.62. The van der Waals surface area contributed by atoms with Crippen LogP contribution in [0.3, 0.4) is 0 Å². The van der Waals surface area contributed by atoms with E-state index < -0.39 is 0 Å². The molecule has 0 aliphatic carbocycles. The van der Waals surface area contributed by atoms with Gasteiger partial charge in [0.2, 0.25) is 11.9 Å². The highest BCUT2D eigenvalue weighted by atomic mass is 32.2. The molecule has 10 heteroatoms. The van der Waals surface area contributed by atoms with Crippen molar-refractivity contribution in [2.45, 2.75) is 43.6 Å². The maximum absolute atomic E-state index is 5.64. The molecule has 0 N–H and O–H groups in total. The topological polar surface area (TPSA) is 81.4 Å². The van der Waals surface area contributed by atoms with Crippen molar-refractivity contribution in [1.29, 1.82) is 0 Å². The number of hydrogen-bond donors (Lipinski definition) is 0. The molecule has 0 amide bonds. The van der Waals surface area contributed by atoms with E-state index in [0.717, 1.165) is 60.1 Å². The molecular weight excluding hydrogens is 462 g/mol. The lowest BCUT2D eigenvalue weighted by atomic mass is 10.1. The Morgan fingerprint density at radius 3 is 1.89 bits per heavy atom. The molecule has 0 spiro atoms. The molecule has 186 valence electrons. The highest BCUT2D eigenvalue weighted by molar-refractivity contribution is 7.98.